The topological polar surface area (TPSA) is 56.7 Å². The number of thioether (sulfide) groups is 1. The highest BCUT2D eigenvalue weighted by Gasteiger charge is 2.16. The van der Waals surface area contributed by atoms with Crippen LogP contribution >= 0.6 is 34.7 Å². The quantitative estimate of drug-likeness (QED) is 0.410. The lowest BCUT2D eigenvalue weighted by atomic mass is 10.2. The van der Waals surface area contributed by atoms with Crippen LogP contribution in [0.1, 0.15) is 16.5 Å². The highest BCUT2D eigenvalue weighted by atomic mass is 35.5. The molecule has 0 saturated carbocycles. The van der Waals surface area contributed by atoms with Crippen LogP contribution in [0, 0.1) is 6.92 Å². The van der Waals surface area contributed by atoms with Gasteiger partial charge in [0.25, 0.3) is 0 Å². The number of aromatic nitrogens is 4. The van der Waals surface area contributed by atoms with Gasteiger partial charge >= 0.3 is 0 Å². The molecule has 132 valence electrons. The lowest BCUT2D eigenvalue weighted by Crippen LogP contribution is -2.03. The fourth-order valence-electron chi connectivity index (χ4n) is 2.52. The molecule has 0 atom stereocenters. The van der Waals surface area contributed by atoms with Gasteiger partial charge in [-0.1, -0.05) is 23.4 Å². The Morgan fingerprint density at radius 2 is 2.04 bits per heavy atom. The van der Waals surface area contributed by atoms with Gasteiger partial charge in [-0.15, -0.1) is 21.5 Å². The first-order valence-corrected chi connectivity index (χ1v) is 10.2. The van der Waals surface area contributed by atoms with Crippen molar-refractivity contribution in [3.05, 3.63) is 69.5 Å². The summed E-state index contributed by atoms with van der Waals surface area (Å²) in [7, 11) is 0. The first kappa shape index (κ1) is 17.3. The second-order valence-corrected chi connectivity index (χ2v) is 8.07. The van der Waals surface area contributed by atoms with Gasteiger partial charge in [0.2, 0.25) is 0 Å². The number of furan rings is 1. The normalized spacial score (nSPS) is 11.2. The van der Waals surface area contributed by atoms with Crippen molar-refractivity contribution in [3.8, 4) is 11.4 Å². The molecule has 0 aliphatic heterocycles. The van der Waals surface area contributed by atoms with E-state index in [1.54, 1.807) is 29.4 Å². The molecule has 8 heteroatoms. The minimum absolute atomic E-state index is 0.566. The van der Waals surface area contributed by atoms with Crippen LogP contribution in [0.2, 0.25) is 5.02 Å². The molecule has 0 fully saturated rings. The third-order valence-corrected chi connectivity index (χ3v) is 5.80. The van der Waals surface area contributed by atoms with E-state index in [4.69, 9.17) is 16.0 Å². The summed E-state index contributed by atoms with van der Waals surface area (Å²) in [6.45, 7) is 2.58. The highest BCUT2D eigenvalue weighted by Crippen LogP contribution is 2.28. The molecule has 26 heavy (non-hydrogen) atoms. The molecular weight excluding hydrogens is 388 g/mol. The number of nitrogens with zero attached hydrogens (tertiary/aromatic N) is 4. The second kappa shape index (κ2) is 7.65. The summed E-state index contributed by atoms with van der Waals surface area (Å²) < 4.78 is 7.58. The van der Waals surface area contributed by atoms with E-state index in [1.807, 2.05) is 43.3 Å². The van der Waals surface area contributed by atoms with Crippen LogP contribution in [0.5, 0.6) is 0 Å². The van der Waals surface area contributed by atoms with Crippen LogP contribution in [-0.4, -0.2) is 19.7 Å². The smallest absolute Gasteiger partial charge is 0.192 e. The van der Waals surface area contributed by atoms with Gasteiger partial charge in [0.15, 0.2) is 11.0 Å². The van der Waals surface area contributed by atoms with E-state index < -0.39 is 0 Å². The van der Waals surface area contributed by atoms with Crippen LogP contribution in [0.25, 0.3) is 11.4 Å². The molecule has 0 spiro atoms. The molecule has 1 aromatic carbocycles. The van der Waals surface area contributed by atoms with E-state index in [9.17, 15) is 0 Å². The largest absolute Gasteiger partial charge is 0.467 e. The van der Waals surface area contributed by atoms with Crippen molar-refractivity contribution in [2.75, 3.05) is 0 Å². The van der Waals surface area contributed by atoms with Crippen LogP contribution in [0.3, 0.4) is 0 Å². The Kier molecular flexibility index (Phi) is 5.10. The summed E-state index contributed by atoms with van der Waals surface area (Å²) >= 11 is 9.29. The Balaban J connectivity index is 1.65. The van der Waals surface area contributed by atoms with Crippen LogP contribution in [-0.2, 0) is 12.3 Å². The fraction of sp³-hybridized carbons (Fsp3) is 0.167. The van der Waals surface area contributed by atoms with Gasteiger partial charge in [-0.3, -0.25) is 4.57 Å². The van der Waals surface area contributed by atoms with Crippen molar-refractivity contribution in [2.45, 2.75) is 24.4 Å². The van der Waals surface area contributed by atoms with Gasteiger partial charge in [0, 0.05) is 21.7 Å². The Bertz CT molecular complexity index is 993. The molecule has 0 aliphatic carbocycles. The monoisotopic (exact) mass is 402 g/mol. The maximum absolute atomic E-state index is 6.01. The maximum atomic E-state index is 6.01. The SMILES string of the molecule is Cc1nc(CSc2nnc(-c3ccc(Cl)cc3)n2Cc2ccco2)cs1. The molecule has 0 unspecified atom stereocenters. The molecule has 0 amide bonds. The van der Waals surface area contributed by atoms with Crippen molar-refractivity contribution in [1.82, 2.24) is 19.7 Å². The molecule has 0 radical (unpaired) electrons. The summed E-state index contributed by atoms with van der Waals surface area (Å²) in [6, 6.07) is 11.4. The Hall–Kier alpha value is -2.09. The van der Waals surface area contributed by atoms with Gasteiger partial charge in [-0.25, -0.2) is 4.98 Å². The third-order valence-electron chi connectivity index (χ3n) is 3.73. The average Bonchev–Trinajstić information content (AvgIpc) is 3.37. The van der Waals surface area contributed by atoms with E-state index in [0.29, 0.717) is 11.6 Å². The molecular formula is C18H15ClN4OS2. The Labute approximate surface area is 164 Å². The standard InChI is InChI=1S/C18H15ClN4OS2/c1-12-20-15(10-25-12)11-26-18-22-21-17(13-4-6-14(19)7-5-13)23(18)9-16-3-2-8-24-16/h2-8,10H,9,11H2,1H3. The highest BCUT2D eigenvalue weighted by molar-refractivity contribution is 7.98. The van der Waals surface area contributed by atoms with Crippen LogP contribution in [0.4, 0.5) is 0 Å². The predicted octanol–water partition coefficient (Wildman–Crippen LogP) is 5.30. The summed E-state index contributed by atoms with van der Waals surface area (Å²) in [5, 5.41) is 13.5. The lowest BCUT2D eigenvalue weighted by molar-refractivity contribution is 0.485. The number of aryl methyl sites for hydroxylation is 1. The third kappa shape index (κ3) is 3.85. The second-order valence-electron chi connectivity index (χ2n) is 5.63. The number of benzene rings is 1. The molecule has 0 N–H and O–H groups in total. The number of thiazole rings is 1. The number of hydrogen-bond donors (Lipinski definition) is 0. The minimum Gasteiger partial charge on any atom is -0.467 e. The van der Waals surface area contributed by atoms with Gasteiger partial charge in [-0.05, 0) is 43.3 Å². The summed E-state index contributed by atoms with van der Waals surface area (Å²) in [5.41, 5.74) is 2.02. The van der Waals surface area contributed by atoms with Crippen molar-refractivity contribution < 1.29 is 4.42 Å². The Morgan fingerprint density at radius 1 is 1.19 bits per heavy atom. The molecule has 0 bridgehead atoms. The van der Waals surface area contributed by atoms with Crippen LogP contribution in [0.15, 0.2) is 57.6 Å². The van der Waals surface area contributed by atoms with Gasteiger partial charge < -0.3 is 4.42 Å². The van der Waals surface area contributed by atoms with Gasteiger partial charge in [-0.2, -0.15) is 0 Å². The zero-order valence-corrected chi connectivity index (χ0v) is 16.3. The number of rotatable bonds is 6. The van der Waals surface area contributed by atoms with Crippen molar-refractivity contribution in [3.63, 3.8) is 0 Å². The van der Waals surface area contributed by atoms with Crippen molar-refractivity contribution >= 4 is 34.7 Å². The molecule has 4 aromatic rings. The zero-order valence-electron chi connectivity index (χ0n) is 13.9. The molecule has 3 aromatic heterocycles. The number of hydrogen-bond acceptors (Lipinski definition) is 6. The summed E-state index contributed by atoms with van der Waals surface area (Å²) in [4.78, 5) is 4.51. The lowest BCUT2D eigenvalue weighted by Gasteiger charge is -2.08. The van der Waals surface area contributed by atoms with E-state index in [1.165, 1.54) is 0 Å². The van der Waals surface area contributed by atoms with Crippen LogP contribution < -0.4 is 0 Å². The van der Waals surface area contributed by atoms with E-state index in [0.717, 1.165) is 38.8 Å². The Morgan fingerprint density at radius 3 is 2.73 bits per heavy atom. The zero-order chi connectivity index (χ0) is 17.9. The molecule has 4 rings (SSSR count). The minimum atomic E-state index is 0.566. The molecule has 0 saturated heterocycles. The summed E-state index contributed by atoms with van der Waals surface area (Å²) in [6.07, 6.45) is 1.67. The van der Waals surface area contributed by atoms with E-state index in [-0.39, 0.29) is 0 Å². The van der Waals surface area contributed by atoms with Gasteiger partial charge in [0.1, 0.15) is 5.76 Å². The number of halogens is 1. The van der Waals surface area contributed by atoms with Gasteiger partial charge in [0.05, 0.1) is 23.5 Å². The fourth-order valence-corrected chi connectivity index (χ4v) is 4.20. The van der Waals surface area contributed by atoms with E-state index in [2.05, 4.69) is 25.1 Å². The molecule has 5 nitrogen and oxygen atoms in total. The summed E-state index contributed by atoms with van der Waals surface area (Å²) in [5.74, 6) is 2.39. The van der Waals surface area contributed by atoms with E-state index >= 15 is 0 Å². The molecule has 3 heterocycles. The predicted molar refractivity (Wildman–Crippen MR) is 105 cm³/mol. The molecule has 0 aliphatic rings. The average molecular weight is 403 g/mol. The first-order chi connectivity index (χ1) is 12.7. The van der Waals surface area contributed by atoms with Crippen molar-refractivity contribution in [2.24, 2.45) is 0 Å². The maximum Gasteiger partial charge on any atom is 0.192 e. The van der Waals surface area contributed by atoms with Crippen molar-refractivity contribution in [1.29, 1.82) is 0 Å². The first-order valence-electron chi connectivity index (χ1n) is 7.94.